The highest BCUT2D eigenvalue weighted by Crippen LogP contribution is 2.26. The highest BCUT2D eigenvalue weighted by molar-refractivity contribution is 7.38. The van der Waals surface area contributed by atoms with Crippen LogP contribution in [-0.2, 0) is 15.9 Å². The number of hydrogen-bond acceptors (Lipinski definition) is 3. The smallest absolute Gasteiger partial charge is 0.445 e. The molecule has 1 aromatic rings. The quantitative estimate of drug-likeness (QED) is 0.806. The van der Waals surface area contributed by atoms with Crippen LogP contribution in [0.5, 0.6) is 0 Å². The lowest BCUT2D eigenvalue weighted by atomic mass is 10.2. The van der Waals surface area contributed by atoms with E-state index in [-0.39, 0.29) is 12.5 Å². The van der Waals surface area contributed by atoms with E-state index in [0.29, 0.717) is 0 Å². The number of alkyl carbamates (subject to hydrolysis) is 1. The molecule has 1 amide bonds. The molecule has 0 saturated carbocycles. The second-order valence-electron chi connectivity index (χ2n) is 4.20. The van der Waals surface area contributed by atoms with Crippen LogP contribution in [0.4, 0.5) is 4.79 Å². The molecule has 0 radical (unpaired) electrons. The van der Waals surface area contributed by atoms with Gasteiger partial charge in [-0.3, -0.25) is 5.32 Å². The summed E-state index contributed by atoms with van der Waals surface area (Å²) in [7, 11) is -2.46. The van der Waals surface area contributed by atoms with E-state index in [4.69, 9.17) is 9.63 Å². The molecular weight excluding hydrogens is 253 g/mol. The molecule has 1 rings (SSSR count). The maximum absolute atomic E-state index is 11.5. The zero-order valence-corrected chi connectivity index (χ0v) is 11.3. The molecule has 1 aromatic carbocycles. The highest BCUT2D eigenvalue weighted by Gasteiger charge is 2.34. The van der Waals surface area contributed by atoms with Gasteiger partial charge in [-0.2, -0.15) is 4.89 Å². The Morgan fingerprint density at radius 3 is 2.50 bits per heavy atom. The Balaban J connectivity index is 2.44. The van der Waals surface area contributed by atoms with Gasteiger partial charge < -0.3 is 4.74 Å². The van der Waals surface area contributed by atoms with Crippen molar-refractivity contribution >= 4 is 14.1 Å². The van der Waals surface area contributed by atoms with Crippen LogP contribution in [0.3, 0.4) is 0 Å². The van der Waals surface area contributed by atoms with Gasteiger partial charge in [-0.1, -0.05) is 44.2 Å². The Hall–Kier alpha value is -1.45. The molecule has 18 heavy (non-hydrogen) atoms. The van der Waals surface area contributed by atoms with Crippen molar-refractivity contribution in [2.75, 3.05) is 0 Å². The van der Waals surface area contributed by atoms with Gasteiger partial charge in [0.15, 0.2) is 0 Å². The Morgan fingerprint density at radius 1 is 1.39 bits per heavy atom. The van der Waals surface area contributed by atoms with Crippen LogP contribution in [0.15, 0.2) is 30.3 Å². The van der Waals surface area contributed by atoms with Crippen LogP contribution in [0.1, 0.15) is 19.4 Å². The fraction of sp³-hybridized carbons (Fsp3) is 0.417. The number of amides is 1. The fourth-order valence-corrected chi connectivity index (χ4v) is 2.09. The Morgan fingerprint density at radius 2 is 2.00 bits per heavy atom. The average molecular weight is 270 g/mol. The summed E-state index contributed by atoms with van der Waals surface area (Å²) in [5, 5.41) is 2.39. The molecule has 0 fully saturated rings. The van der Waals surface area contributed by atoms with Crippen LogP contribution < -0.4 is 5.32 Å². The van der Waals surface area contributed by atoms with Crippen LogP contribution in [0.2, 0.25) is 0 Å². The zero-order valence-electron chi connectivity index (χ0n) is 10.4. The van der Waals surface area contributed by atoms with E-state index in [2.05, 4.69) is 5.32 Å². The second-order valence-corrected chi connectivity index (χ2v) is 5.36. The third kappa shape index (κ3) is 4.82. The number of benzene rings is 1. The van der Waals surface area contributed by atoms with Gasteiger partial charge in [0.2, 0.25) is 0 Å². The molecule has 0 aliphatic carbocycles. The van der Waals surface area contributed by atoms with Gasteiger partial charge in [-0.25, -0.2) is 4.79 Å². The van der Waals surface area contributed by atoms with Crippen LogP contribution in [-0.4, -0.2) is 16.8 Å². The van der Waals surface area contributed by atoms with E-state index in [9.17, 15) is 9.36 Å². The Bertz CT molecular complexity index is 408. The second kappa shape index (κ2) is 7.09. The predicted octanol–water partition coefficient (Wildman–Crippen LogP) is 2.63. The molecule has 5 nitrogen and oxygen atoms in total. The first-order chi connectivity index (χ1) is 8.50. The first-order valence-electron chi connectivity index (χ1n) is 5.63. The topological polar surface area (TPSA) is 75.6 Å². The number of carbonyl (C=O) groups is 1. The van der Waals surface area contributed by atoms with Crippen LogP contribution in [0.25, 0.3) is 0 Å². The molecule has 0 saturated heterocycles. The molecule has 0 aliphatic rings. The fourth-order valence-electron chi connectivity index (χ4n) is 1.36. The van der Waals surface area contributed by atoms with Crippen molar-refractivity contribution in [2.45, 2.75) is 26.2 Å². The van der Waals surface area contributed by atoms with Crippen molar-refractivity contribution in [3.63, 3.8) is 0 Å². The zero-order chi connectivity index (χ0) is 13.5. The number of hydrogen-bond donors (Lipinski definition) is 2. The maximum atomic E-state index is 11.5. The van der Waals surface area contributed by atoms with E-state index in [1.807, 2.05) is 30.3 Å². The summed E-state index contributed by atoms with van der Waals surface area (Å²) in [5.74, 6) is -0.925. The molecular formula is C12H17NO4P+. The summed E-state index contributed by atoms with van der Waals surface area (Å²) in [6, 6.07) is 9.23. The third-order valence-electron chi connectivity index (χ3n) is 2.35. The summed E-state index contributed by atoms with van der Waals surface area (Å²) in [5.41, 5.74) is 0.863. The number of ether oxygens (including phenoxy) is 1. The monoisotopic (exact) mass is 270 g/mol. The minimum atomic E-state index is -2.46. The van der Waals surface area contributed by atoms with Gasteiger partial charge in [0.1, 0.15) is 6.61 Å². The van der Waals surface area contributed by atoms with E-state index >= 15 is 0 Å². The van der Waals surface area contributed by atoms with Gasteiger partial charge in [0, 0.05) is 5.92 Å². The van der Waals surface area contributed by atoms with Crippen LogP contribution >= 0.6 is 8.03 Å². The molecule has 98 valence electrons. The van der Waals surface area contributed by atoms with Crippen molar-refractivity contribution in [3.05, 3.63) is 35.9 Å². The molecule has 0 aromatic heterocycles. The lowest BCUT2D eigenvalue weighted by Crippen LogP contribution is -2.36. The lowest BCUT2D eigenvalue weighted by Gasteiger charge is -2.11. The van der Waals surface area contributed by atoms with Gasteiger partial charge >= 0.3 is 14.1 Å². The number of carbonyl (C=O) groups excluding carboxylic acids is 1. The van der Waals surface area contributed by atoms with E-state index in [0.717, 1.165) is 5.56 Å². The SMILES string of the molecule is CC(C)[C@@H](NC(=O)OCc1ccccc1)[P+](=O)O. The van der Waals surface area contributed by atoms with Gasteiger partial charge in [-0.05, 0) is 10.1 Å². The summed E-state index contributed by atoms with van der Waals surface area (Å²) in [6.45, 7) is 3.65. The third-order valence-corrected chi connectivity index (χ3v) is 3.55. The standard InChI is InChI=1S/C12H16NO4P/c1-9(2)11(18(15)16)13-12(14)17-8-10-6-4-3-5-7-10/h3-7,9,11H,8H2,1-2H3,(H-,13,14,15,16)/p+1/t11-/m0/s1. The lowest BCUT2D eigenvalue weighted by molar-refractivity contribution is 0.136. The van der Waals surface area contributed by atoms with Crippen molar-refractivity contribution in [2.24, 2.45) is 5.92 Å². The summed E-state index contributed by atoms with van der Waals surface area (Å²) in [4.78, 5) is 20.5. The molecule has 2 N–H and O–H groups in total. The predicted molar refractivity (Wildman–Crippen MR) is 68.2 cm³/mol. The van der Waals surface area contributed by atoms with Gasteiger partial charge in [0.05, 0.1) is 0 Å². The normalized spacial score (nSPS) is 13.0. The van der Waals surface area contributed by atoms with Crippen molar-refractivity contribution in [1.82, 2.24) is 5.32 Å². The molecule has 0 spiro atoms. The van der Waals surface area contributed by atoms with Gasteiger partial charge in [0.25, 0.3) is 5.78 Å². The van der Waals surface area contributed by atoms with E-state index < -0.39 is 19.9 Å². The largest absolute Gasteiger partial charge is 0.531 e. The molecule has 2 atom stereocenters. The van der Waals surface area contributed by atoms with E-state index in [1.165, 1.54) is 0 Å². The molecule has 0 heterocycles. The first-order valence-corrected chi connectivity index (χ1v) is 6.91. The molecule has 0 aliphatic heterocycles. The first kappa shape index (κ1) is 14.6. The minimum Gasteiger partial charge on any atom is -0.445 e. The summed E-state index contributed by atoms with van der Waals surface area (Å²) < 4.78 is 16.0. The Labute approximate surface area is 107 Å². The van der Waals surface area contributed by atoms with Gasteiger partial charge in [-0.15, -0.1) is 0 Å². The van der Waals surface area contributed by atoms with Crippen molar-refractivity contribution in [1.29, 1.82) is 0 Å². The highest BCUT2D eigenvalue weighted by atomic mass is 31.1. The maximum Gasteiger partial charge on any atom is 0.531 e. The van der Waals surface area contributed by atoms with E-state index in [1.54, 1.807) is 13.8 Å². The Kier molecular flexibility index (Phi) is 5.75. The minimum absolute atomic E-state index is 0.136. The van der Waals surface area contributed by atoms with Crippen LogP contribution in [0, 0.1) is 5.92 Å². The molecule has 6 heteroatoms. The summed E-state index contributed by atoms with van der Waals surface area (Å²) >= 11 is 0. The molecule has 1 unspecified atom stereocenters. The number of rotatable bonds is 5. The summed E-state index contributed by atoms with van der Waals surface area (Å²) in [6.07, 6.45) is -0.685. The number of nitrogens with one attached hydrogen (secondary N) is 1. The van der Waals surface area contributed by atoms with Crippen molar-refractivity contribution in [3.8, 4) is 0 Å². The van der Waals surface area contributed by atoms with Crippen molar-refractivity contribution < 1.29 is 19.0 Å². The average Bonchev–Trinajstić information content (AvgIpc) is 2.34. The molecule has 0 bridgehead atoms.